The number of amides is 1. The molecule has 0 aliphatic carbocycles. The number of sulfonamides is 1. The van der Waals surface area contributed by atoms with E-state index in [-0.39, 0.29) is 18.1 Å². The number of rotatable bonds is 8. The number of carbonyl (C=O) groups is 1. The Morgan fingerprint density at radius 1 is 1.14 bits per heavy atom. The minimum atomic E-state index is -3.23. The predicted molar refractivity (Wildman–Crippen MR) is 109 cm³/mol. The molecule has 0 aliphatic heterocycles. The van der Waals surface area contributed by atoms with E-state index in [1.54, 1.807) is 23.1 Å². The third kappa shape index (κ3) is 5.69. The maximum absolute atomic E-state index is 12.5. The Balaban J connectivity index is 1.79. The van der Waals surface area contributed by atoms with Gasteiger partial charge in [0.15, 0.2) is 5.69 Å². The molecule has 152 valence electrons. The van der Waals surface area contributed by atoms with Crippen molar-refractivity contribution < 1.29 is 13.2 Å². The van der Waals surface area contributed by atoms with Gasteiger partial charge in [0, 0.05) is 25.0 Å². The summed E-state index contributed by atoms with van der Waals surface area (Å²) >= 11 is 0. The Hall–Kier alpha value is -3.11. The van der Waals surface area contributed by atoms with Crippen LogP contribution in [0.5, 0.6) is 0 Å². The molecule has 10 heteroatoms. The summed E-state index contributed by atoms with van der Waals surface area (Å²) in [7, 11) is -3.23. The second-order valence-electron chi connectivity index (χ2n) is 6.48. The normalized spacial score (nSPS) is 11.4. The third-order valence-electron chi connectivity index (χ3n) is 4.01. The summed E-state index contributed by atoms with van der Waals surface area (Å²) in [5, 5.41) is 7.19. The van der Waals surface area contributed by atoms with Gasteiger partial charge in [-0.1, -0.05) is 6.07 Å². The second-order valence-corrected chi connectivity index (χ2v) is 8.31. The SMILES string of the molecule is Cc1ccc(-n2nc(C(=O)NCCCNS(C)(=O)=O)cc2-c2ccccn2)cn1. The minimum absolute atomic E-state index is 0.238. The first-order valence-electron chi connectivity index (χ1n) is 9.01. The lowest BCUT2D eigenvalue weighted by molar-refractivity contribution is 0.0948. The summed E-state index contributed by atoms with van der Waals surface area (Å²) in [5.41, 5.74) is 3.17. The van der Waals surface area contributed by atoms with Gasteiger partial charge in [-0.25, -0.2) is 17.8 Å². The van der Waals surface area contributed by atoms with Crippen LogP contribution in [0.15, 0.2) is 48.8 Å². The van der Waals surface area contributed by atoms with Crippen molar-refractivity contribution in [3.05, 3.63) is 60.2 Å². The summed E-state index contributed by atoms with van der Waals surface area (Å²) in [6.45, 7) is 2.46. The Kier molecular flexibility index (Phi) is 6.35. The van der Waals surface area contributed by atoms with E-state index in [2.05, 4.69) is 25.1 Å². The molecule has 3 aromatic heterocycles. The van der Waals surface area contributed by atoms with Crippen molar-refractivity contribution in [3.63, 3.8) is 0 Å². The van der Waals surface area contributed by atoms with Crippen LogP contribution in [0.25, 0.3) is 17.1 Å². The van der Waals surface area contributed by atoms with E-state index in [0.29, 0.717) is 30.0 Å². The van der Waals surface area contributed by atoms with Gasteiger partial charge in [0.2, 0.25) is 10.0 Å². The molecular formula is C19H22N6O3S. The Bertz CT molecular complexity index is 1080. The van der Waals surface area contributed by atoms with Gasteiger partial charge in [-0.15, -0.1) is 0 Å². The first-order valence-corrected chi connectivity index (χ1v) is 10.9. The van der Waals surface area contributed by atoms with Crippen LogP contribution < -0.4 is 10.0 Å². The zero-order valence-corrected chi connectivity index (χ0v) is 17.0. The quantitative estimate of drug-likeness (QED) is 0.537. The fourth-order valence-corrected chi connectivity index (χ4v) is 3.12. The molecule has 2 N–H and O–H groups in total. The molecule has 0 saturated carbocycles. The monoisotopic (exact) mass is 414 g/mol. The van der Waals surface area contributed by atoms with Gasteiger partial charge in [0.05, 0.1) is 29.5 Å². The zero-order valence-electron chi connectivity index (χ0n) is 16.2. The highest BCUT2D eigenvalue weighted by molar-refractivity contribution is 7.88. The maximum atomic E-state index is 12.5. The molecule has 3 heterocycles. The number of aromatic nitrogens is 4. The van der Waals surface area contributed by atoms with E-state index in [1.807, 2.05) is 37.3 Å². The van der Waals surface area contributed by atoms with Crippen molar-refractivity contribution in [2.75, 3.05) is 19.3 Å². The number of nitrogens with one attached hydrogen (secondary N) is 2. The van der Waals surface area contributed by atoms with Crippen LogP contribution in [-0.2, 0) is 10.0 Å². The fourth-order valence-electron chi connectivity index (χ4n) is 2.61. The van der Waals surface area contributed by atoms with E-state index in [9.17, 15) is 13.2 Å². The maximum Gasteiger partial charge on any atom is 0.271 e. The smallest absolute Gasteiger partial charge is 0.271 e. The molecule has 1 amide bonds. The molecule has 0 bridgehead atoms. The molecule has 0 aliphatic rings. The van der Waals surface area contributed by atoms with Gasteiger partial charge >= 0.3 is 0 Å². The lowest BCUT2D eigenvalue weighted by atomic mass is 10.2. The number of pyridine rings is 2. The van der Waals surface area contributed by atoms with Crippen molar-refractivity contribution in [2.24, 2.45) is 0 Å². The number of carbonyl (C=O) groups excluding carboxylic acids is 1. The molecule has 0 aromatic carbocycles. The Morgan fingerprint density at radius 3 is 2.62 bits per heavy atom. The predicted octanol–water partition coefficient (Wildman–Crippen LogP) is 1.31. The van der Waals surface area contributed by atoms with E-state index >= 15 is 0 Å². The van der Waals surface area contributed by atoms with Crippen molar-refractivity contribution in [3.8, 4) is 17.1 Å². The molecule has 3 rings (SSSR count). The molecule has 0 fully saturated rings. The Labute approximate surface area is 169 Å². The average Bonchev–Trinajstić information content (AvgIpc) is 3.13. The van der Waals surface area contributed by atoms with Gasteiger partial charge < -0.3 is 5.32 Å². The van der Waals surface area contributed by atoms with Gasteiger partial charge in [0.1, 0.15) is 0 Å². The van der Waals surface area contributed by atoms with Gasteiger partial charge in [0.25, 0.3) is 5.91 Å². The van der Waals surface area contributed by atoms with Crippen LogP contribution in [0.2, 0.25) is 0 Å². The van der Waals surface area contributed by atoms with Gasteiger partial charge in [-0.05, 0) is 43.7 Å². The van der Waals surface area contributed by atoms with Crippen molar-refractivity contribution in [2.45, 2.75) is 13.3 Å². The highest BCUT2D eigenvalue weighted by atomic mass is 32.2. The summed E-state index contributed by atoms with van der Waals surface area (Å²) in [4.78, 5) is 21.2. The summed E-state index contributed by atoms with van der Waals surface area (Å²) in [5.74, 6) is -0.347. The molecule has 0 radical (unpaired) electrons. The molecule has 3 aromatic rings. The van der Waals surface area contributed by atoms with E-state index in [1.165, 1.54) is 0 Å². The van der Waals surface area contributed by atoms with E-state index in [0.717, 1.165) is 11.9 Å². The van der Waals surface area contributed by atoms with Crippen LogP contribution >= 0.6 is 0 Å². The highest BCUT2D eigenvalue weighted by Crippen LogP contribution is 2.22. The standard InChI is InChI=1S/C19H22N6O3S/c1-14-7-8-15(13-22-14)25-18(16-6-3-4-9-20-16)12-17(24-25)19(26)21-10-5-11-23-29(2,27)28/h3-4,6-9,12-13,23H,5,10-11H2,1-2H3,(H,21,26). The number of aryl methyl sites for hydroxylation is 1. The van der Waals surface area contributed by atoms with Crippen molar-refractivity contribution in [1.29, 1.82) is 0 Å². The number of hydrogen-bond donors (Lipinski definition) is 2. The lowest BCUT2D eigenvalue weighted by Crippen LogP contribution is -2.29. The second kappa shape index (κ2) is 8.93. The molecule has 9 nitrogen and oxygen atoms in total. The lowest BCUT2D eigenvalue weighted by Gasteiger charge is -2.06. The largest absolute Gasteiger partial charge is 0.351 e. The Morgan fingerprint density at radius 2 is 1.97 bits per heavy atom. The first kappa shape index (κ1) is 20.6. The van der Waals surface area contributed by atoms with Crippen molar-refractivity contribution in [1.82, 2.24) is 29.8 Å². The zero-order chi connectivity index (χ0) is 20.9. The van der Waals surface area contributed by atoms with Gasteiger partial charge in [-0.3, -0.25) is 14.8 Å². The third-order valence-corrected chi connectivity index (χ3v) is 4.74. The molecule has 0 spiro atoms. The molecule has 29 heavy (non-hydrogen) atoms. The summed E-state index contributed by atoms with van der Waals surface area (Å²) in [6.07, 6.45) is 4.92. The van der Waals surface area contributed by atoms with Crippen molar-refractivity contribution >= 4 is 15.9 Å². The van der Waals surface area contributed by atoms with Crippen LogP contribution in [-0.4, -0.2) is 53.4 Å². The fraction of sp³-hybridized carbons (Fsp3) is 0.263. The number of nitrogens with zero attached hydrogens (tertiary/aromatic N) is 4. The molecule has 0 atom stereocenters. The molecular weight excluding hydrogens is 392 g/mol. The average molecular weight is 414 g/mol. The van der Waals surface area contributed by atoms with E-state index in [4.69, 9.17) is 0 Å². The van der Waals surface area contributed by atoms with Crippen LogP contribution in [0, 0.1) is 6.92 Å². The highest BCUT2D eigenvalue weighted by Gasteiger charge is 2.17. The van der Waals surface area contributed by atoms with Crippen LogP contribution in [0.4, 0.5) is 0 Å². The molecule has 0 saturated heterocycles. The number of hydrogen-bond acceptors (Lipinski definition) is 6. The van der Waals surface area contributed by atoms with Crippen LogP contribution in [0.1, 0.15) is 22.6 Å². The first-order chi connectivity index (χ1) is 13.8. The minimum Gasteiger partial charge on any atom is -0.351 e. The van der Waals surface area contributed by atoms with Gasteiger partial charge in [-0.2, -0.15) is 5.10 Å². The summed E-state index contributed by atoms with van der Waals surface area (Å²) < 4.78 is 26.1. The summed E-state index contributed by atoms with van der Waals surface area (Å²) in [6, 6.07) is 10.9. The van der Waals surface area contributed by atoms with E-state index < -0.39 is 10.0 Å². The topological polar surface area (TPSA) is 119 Å². The van der Waals surface area contributed by atoms with Crippen LogP contribution in [0.3, 0.4) is 0 Å². The molecule has 0 unspecified atom stereocenters.